The minimum Gasteiger partial charge on any atom is -0.497 e. The van der Waals surface area contributed by atoms with Crippen LogP contribution >= 0.6 is 0 Å². The summed E-state index contributed by atoms with van der Waals surface area (Å²) in [4.78, 5) is 15.7. The van der Waals surface area contributed by atoms with E-state index in [1.54, 1.807) is 25.0 Å². The van der Waals surface area contributed by atoms with Crippen molar-refractivity contribution in [2.45, 2.75) is 32.4 Å². The molecular formula is C31H33N3O5. The third-order valence-corrected chi connectivity index (χ3v) is 6.81. The van der Waals surface area contributed by atoms with Gasteiger partial charge in [0.15, 0.2) is 0 Å². The van der Waals surface area contributed by atoms with E-state index >= 15 is 0 Å². The molecule has 1 aromatic heterocycles. The Labute approximate surface area is 228 Å². The number of aryl methyl sites for hydroxylation is 1. The zero-order valence-electron chi connectivity index (χ0n) is 22.5. The summed E-state index contributed by atoms with van der Waals surface area (Å²) < 4.78 is 24.8. The van der Waals surface area contributed by atoms with E-state index in [0.29, 0.717) is 42.6 Å². The predicted octanol–water partition coefficient (Wildman–Crippen LogP) is 5.81. The molecule has 0 N–H and O–H groups in total. The number of methoxy groups -OCH3 is 2. The lowest BCUT2D eigenvalue weighted by Gasteiger charge is -2.26. The van der Waals surface area contributed by atoms with E-state index in [0.717, 1.165) is 35.5 Å². The molecule has 8 nitrogen and oxygen atoms in total. The normalized spacial score (nSPS) is 14.7. The van der Waals surface area contributed by atoms with Gasteiger partial charge >= 0.3 is 0 Å². The molecule has 2 heterocycles. The van der Waals surface area contributed by atoms with Crippen molar-refractivity contribution in [3.05, 3.63) is 95.7 Å². The first-order valence-corrected chi connectivity index (χ1v) is 13.1. The smallest absolute Gasteiger partial charge is 0.254 e. The number of amides is 1. The third-order valence-electron chi connectivity index (χ3n) is 6.81. The van der Waals surface area contributed by atoms with Gasteiger partial charge in [-0.3, -0.25) is 4.79 Å². The summed E-state index contributed by atoms with van der Waals surface area (Å²) in [6, 6.07) is 24.5. The molecule has 0 saturated carbocycles. The summed E-state index contributed by atoms with van der Waals surface area (Å²) in [7, 11) is 3.22. The number of rotatable bonds is 10. The highest BCUT2D eigenvalue weighted by atomic mass is 16.5. The van der Waals surface area contributed by atoms with Gasteiger partial charge in [-0.1, -0.05) is 24.3 Å². The number of carbonyl (C=O) groups excluding carboxylic acids is 1. The van der Waals surface area contributed by atoms with E-state index in [9.17, 15) is 4.79 Å². The molecule has 5 rings (SSSR count). The Kier molecular flexibility index (Phi) is 8.13. The Balaban J connectivity index is 1.54. The molecule has 1 fully saturated rings. The zero-order valence-corrected chi connectivity index (χ0v) is 22.5. The van der Waals surface area contributed by atoms with Crippen molar-refractivity contribution in [1.82, 2.24) is 14.7 Å². The number of aromatic nitrogens is 2. The molecule has 3 aromatic carbocycles. The zero-order chi connectivity index (χ0) is 27.2. The summed E-state index contributed by atoms with van der Waals surface area (Å²) in [5.41, 5.74) is 3.01. The molecule has 0 aliphatic carbocycles. The molecule has 1 aliphatic rings. The molecule has 0 radical (unpaired) electrons. The summed E-state index contributed by atoms with van der Waals surface area (Å²) in [5.74, 6) is 2.46. The minimum atomic E-state index is -0.105. The van der Waals surface area contributed by atoms with Crippen LogP contribution in [0.15, 0.2) is 78.9 Å². The topological polar surface area (TPSA) is 75.1 Å². The lowest BCUT2D eigenvalue weighted by atomic mass is 10.1. The second-order valence-corrected chi connectivity index (χ2v) is 9.45. The van der Waals surface area contributed by atoms with Crippen molar-refractivity contribution < 1.29 is 23.7 Å². The Morgan fingerprint density at radius 3 is 2.41 bits per heavy atom. The van der Waals surface area contributed by atoms with Crippen LogP contribution in [-0.2, 0) is 11.3 Å². The summed E-state index contributed by atoms with van der Waals surface area (Å²) in [6.45, 7) is 3.42. The highest BCUT2D eigenvalue weighted by molar-refractivity contribution is 5.94. The molecule has 4 aromatic rings. The number of hydrogen-bond donors (Lipinski definition) is 0. The Bertz CT molecular complexity index is 1400. The first kappa shape index (κ1) is 26.3. The molecule has 1 amide bonds. The molecule has 8 heteroatoms. The van der Waals surface area contributed by atoms with Gasteiger partial charge in [0.2, 0.25) is 5.88 Å². The van der Waals surface area contributed by atoms with Crippen LogP contribution in [0.3, 0.4) is 0 Å². The maximum Gasteiger partial charge on any atom is 0.254 e. The highest BCUT2D eigenvalue weighted by Crippen LogP contribution is 2.33. The van der Waals surface area contributed by atoms with E-state index in [2.05, 4.69) is 0 Å². The van der Waals surface area contributed by atoms with E-state index in [4.69, 9.17) is 24.0 Å². The molecule has 1 aliphatic heterocycles. The van der Waals surface area contributed by atoms with Crippen LogP contribution in [0.1, 0.15) is 34.5 Å². The fourth-order valence-electron chi connectivity index (χ4n) is 4.71. The molecule has 1 atom stereocenters. The van der Waals surface area contributed by atoms with Gasteiger partial charge in [-0.05, 0) is 74.4 Å². The average molecular weight is 528 g/mol. The molecular weight excluding hydrogens is 494 g/mol. The Hall–Kier alpha value is -4.30. The first-order valence-electron chi connectivity index (χ1n) is 13.1. The van der Waals surface area contributed by atoms with Gasteiger partial charge in [-0.2, -0.15) is 5.10 Å². The fourth-order valence-corrected chi connectivity index (χ4v) is 4.71. The molecule has 0 spiro atoms. The van der Waals surface area contributed by atoms with Crippen LogP contribution < -0.4 is 14.2 Å². The van der Waals surface area contributed by atoms with Crippen LogP contribution in [-0.4, -0.2) is 54.1 Å². The van der Waals surface area contributed by atoms with Crippen LogP contribution in [0.4, 0.5) is 0 Å². The van der Waals surface area contributed by atoms with Crippen LogP contribution in [0.2, 0.25) is 0 Å². The minimum absolute atomic E-state index is 0.0185. The van der Waals surface area contributed by atoms with Crippen molar-refractivity contribution in [3.8, 4) is 28.8 Å². The van der Waals surface area contributed by atoms with Crippen molar-refractivity contribution in [2.24, 2.45) is 0 Å². The summed E-state index contributed by atoms with van der Waals surface area (Å²) in [5, 5.41) is 4.83. The number of carbonyl (C=O) groups is 1. The monoisotopic (exact) mass is 527 g/mol. The van der Waals surface area contributed by atoms with E-state index in [1.165, 1.54) is 0 Å². The van der Waals surface area contributed by atoms with Crippen molar-refractivity contribution in [2.75, 3.05) is 27.4 Å². The van der Waals surface area contributed by atoms with Crippen molar-refractivity contribution >= 4 is 5.91 Å². The van der Waals surface area contributed by atoms with E-state index in [-0.39, 0.29) is 12.0 Å². The standard InChI is InChI=1S/C31H33N3O5/c1-22-29(21-33(20-28-13-8-18-38-28)30(35)23-9-7-12-27(19-23)37-3)31(34(32-22)24-10-5-4-6-11-24)39-26-16-14-25(36-2)15-17-26/h4-7,9-12,14-17,19,28H,8,13,18,20-21H2,1-3H3/t28-/m1/s1. The lowest BCUT2D eigenvalue weighted by molar-refractivity contribution is 0.0505. The maximum atomic E-state index is 13.9. The highest BCUT2D eigenvalue weighted by Gasteiger charge is 2.28. The quantitative estimate of drug-likeness (QED) is 0.259. The molecule has 0 bridgehead atoms. The van der Waals surface area contributed by atoms with Gasteiger partial charge in [0, 0.05) is 18.7 Å². The molecule has 39 heavy (non-hydrogen) atoms. The van der Waals surface area contributed by atoms with Gasteiger partial charge in [-0.15, -0.1) is 0 Å². The second-order valence-electron chi connectivity index (χ2n) is 9.45. The fraction of sp³-hybridized carbons (Fsp3) is 0.290. The van der Waals surface area contributed by atoms with E-state index in [1.807, 2.05) is 84.6 Å². The van der Waals surface area contributed by atoms with Crippen molar-refractivity contribution in [1.29, 1.82) is 0 Å². The second kappa shape index (κ2) is 12.0. The van der Waals surface area contributed by atoms with Gasteiger partial charge < -0.3 is 23.8 Å². The third kappa shape index (κ3) is 6.07. The lowest BCUT2D eigenvalue weighted by Crippen LogP contribution is -2.37. The number of ether oxygens (including phenoxy) is 4. The van der Waals surface area contributed by atoms with Gasteiger partial charge in [0.1, 0.15) is 17.2 Å². The SMILES string of the molecule is COc1ccc(Oc2c(CN(C[C@H]3CCCO3)C(=O)c3cccc(OC)c3)c(C)nn2-c2ccccc2)cc1. The van der Waals surface area contributed by atoms with E-state index < -0.39 is 0 Å². The van der Waals surface area contributed by atoms with Gasteiger partial charge in [-0.25, -0.2) is 4.68 Å². The van der Waals surface area contributed by atoms with Gasteiger partial charge in [0.05, 0.1) is 43.8 Å². The number of nitrogens with zero attached hydrogens (tertiary/aromatic N) is 3. The van der Waals surface area contributed by atoms with Crippen LogP contribution in [0.25, 0.3) is 5.69 Å². The number of para-hydroxylation sites is 1. The van der Waals surface area contributed by atoms with Crippen molar-refractivity contribution in [3.63, 3.8) is 0 Å². The molecule has 202 valence electrons. The van der Waals surface area contributed by atoms with Crippen LogP contribution in [0.5, 0.6) is 23.1 Å². The summed E-state index contributed by atoms with van der Waals surface area (Å²) >= 11 is 0. The summed E-state index contributed by atoms with van der Waals surface area (Å²) in [6.07, 6.45) is 1.89. The number of benzene rings is 3. The van der Waals surface area contributed by atoms with Gasteiger partial charge in [0.25, 0.3) is 5.91 Å². The number of hydrogen-bond acceptors (Lipinski definition) is 6. The van der Waals surface area contributed by atoms with Crippen LogP contribution in [0, 0.1) is 6.92 Å². The maximum absolute atomic E-state index is 13.9. The molecule has 1 saturated heterocycles. The largest absolute Gasteiger partial charge is 0.497 e. The first-order chi connectivity index (χ1) is 19.1. The average Bonchev–Trinajstić information content (AvgIpc) is 3.61. The molecule has 0 unspecified atom stereocenters. The predicted molar refractivity (Wildman–Crippen MR) is 148 cm³/mol. The Morgan fingerprint density at radius 1 is 0.974 bits per heavy atom. The Morgan fingerprint density at radius 2 is 1.72 bits per heavy atom.